The zero-order valence-electron chi connectivity index (χ0n) is 17.5. The molecule has 0 spiro atoms. The Hall–Kier alpha value is -2.92. The second kappa shape index (κ2) is 9.48. The summed E-state index contributed by atoms with van der Waals surface area (Å²) in [6, 6.07) is -1.00. The van der Waals surface area contributed by atoms with E-state index in [1.807, 2.05) is 0 Å². The number of nitrogens with one attached hydrogen (secondary N) is 1. The van der Waals surface area contributed by atoms with E-state index < -0.39 is 46.9 Å². The van der Waals surface area contributed by atoms with Gasteiger partial charge in [0.2, 0.25) is 11.3 Å². The van der Waals surface area contributed by atoms with E-state index in [0.717, 1.165) is 42.9 Å². The lowest BCUT2D eigenvalue weighted by Crippen LogP contribution is -2.59. The van der Waals surface area contributed by atoms with E-state index >= 15 is 0 Å². The molecule has 11 nitrogen and oxygen atoms in total. The van der Waals surface area contributed by atoms with Crippen LogP contribution in [0.25, 0.3) is 0 Å². The van der Waals surface area contributed by atoms with E-state index in [0.29, 0.717) is 0 Å². The summed E-state index contributed by atoms with van der Waals surface area (Å²) in [6.45, 7) is -0.253. The smallest absolute Gasteiger partial charge is 0.341 e. The van der Waals surface area contributed by atoms with Crippen LogP contribution in [-0.4, -0.2) is 76.6 Å². The Labute approximate surface area is 178 Å². The maximum atomic E-state index is 13.2. The van der Waals surface area contributed by atoms with Crippen LogP contribution in [0.1, 0.15) is 53.0 Å². The minimum atomic E-state index is -1.53. The average molecular weight is 437 g/mol. The van der Waals surface area contributed by atoms with Gasteiger partial charge in [-0.15, -0.1) is 0 Å². The third-order valence-electron chi connectivity index (χ3n) is 5.82. The molecule has 1 saturated carbocycles. The summed E-state index contributed by atoms with van der Waals surface area (Å²) in [4.78, 5) is 51.1. The van der Waals surface area contributed by atoms with Gasteiger partial charge in [0, 0.05) is 26.5 Å². The highest BCUT2D eigenvalue weighted by Gasteiger charge is 2.41. The highest BCUT2D eigenvalue weighted by Crippen LogP contribution is 2.25. The number of pyridine rings is 1. The number of aromatic carboxylic acids is 1. The van der Waals surface area contributed by atoms with Crippen LogP contribution >= 0.6 is 0 Å². The Kier molecular flexibility index (Phi) is 6.96. The molecule has 0 radical (unpaired) electrons. The van der Waals surface area contributed by atoms with Crippen LogP contribution in [0.2, 0.25) is 0 Å². The number of methoxy groups -OCH3 is 2. The van der Waals surface area contributed by atoms with Gasteiger partial charge in [0.15, 0.2) is 17.7 Å². The number of hydrogen-bond donors (Lipinski definition) is 3. The van der Waals surface area contributed by atoms with Gasteiger partial charge in [0.1, 0.15) is 11.6 Å². The Morgan fingerprint density at radius 1 is 1.19 bits per heavy atom. The number of aromatic nitrogens is 1. The van der Waals surface area contributed by atoms with Crippen LogP contribution in [0.15, 0.2) is 11.0 Å². The first-order valence-corrected chi connectivity index (χ1v) is 10.1. The summed E-state index contributed by atoms with van der Waals surface area (Å²) in [5.41, 5.74) is -2.21. The lowest BCUT2D eigenvalue weighted by Gasteiger charge is -2.39. The van der Waals surface area contributed by atoms with Crippen LogP contribution in [0.3, 0.4) is 0 Å². The maximum absolute atomic E-state index is 13.2. The molecule has 1 aliphatic carbocycles. The first-order chi connectivity index (χ1) is 14.8. The zero-order valence-corrected chi connectivity index (χ0v) is 17.5. The van der Waals surface area contributed by atoms with Gasteiger partial charge in [0.25, 0.3) is 5.91 Å². The molecular weight excluding hydrogens is 410 g/mol. The topological polar surface area (TPSA) is 147 Å². The Bertz CT molecular complexity index is 918. The van der Waals surface area contributed by atoms with Crippen molar-refractivity contribution in [1.82, 2.24) is 14.8 Å². The standard InChI is InChI=1S/C20H27N3O8/c1-30-14(31-2)10-23-13(18(26)21-11-6-4-3-5-7-11)9-22-8-12(20(28)29)16(24)17(25)15(22)19(23)27/h8,11,13-14,25H,3-7,9-10H2,1-2H3,(H,21,26)(H,28,29)/t13-/m1/s1. The SMILES string of the molecule is COC(CN1C(=O)c2c(O)c(=O)c(C(=O)O)cn2C[C@@H]1C(=O)NC1CCCCC1)OC. The van der Waals surface area contributed by atoms with Crippen molar-refractivity contribution in [3.05, 3.63) is 27.7 Å². The minimum Gasteiger partial charge on any atom is -0.503 e. The number of carboxylic acid groups (broad SMARTS) is 1. The van der Waals surface area contributed by atoms with E-state index in [-0.39, 0.29) is 24.8 Å². The molecule has 0 aromatic carbocycles. The van der Waals surface area contributed by atoms with Crippen LogP contribution in [0.4, 0.5) is 0 Å². The van der Waals surface area contributed by atoms with E-state index in [2.05, 4.69) is 5.32 Å². The molecule has 0 bridgehead atoms. The third kappa shape index (κ3) is 4.57. The first-order valence-electron chi connectivity index (χ1n) is 10.1. The van der Waals surface area contributed by atoms with Crippen molar-refractivity contribution in [3.8, 4) is 5.75 Å². The molecule has 1 aromatic rings. The zero-order chi connectivity index (χ0) is 22.7. The number of fused-ring (bicyclic) bond motifs is 1. The van der Waals surface area contributed by atoms with E-state index in [1.54, 1.807) is 0 Å². The van der Waals surface area contributed by atoms with Crippen LogP contribution in [0.5, 0.6) is 5.75 Å². The van der Waals surface area contributed by atoms with Crippen molar-refractivity contribution < 1.29 is 34.1 Å². The lowest BCUT2D eigenvalue weighted by atomic mass is 9.95. The van der Waals surface area contributed by atoms with Crippen molar-refractivity contribution in [1.29, 1.82) is 0 Å². The van der Waals surface area contributed by atoms with Gasteiger partial charge < -0.3 is 34.5 Å². The van der Waals surface area contributed by atoms with Crippen molar-refractivity contribution in [2.24, 2.45) is 0 Å². The van der Waals surface area contributed by atoms with Crippen molar-refractivity contribution in [2.45, 2.75) is 57.0 Å². The second-order valence-electron chi connectivity index (χ2n) is 7.74. The minimum absolute atomic E-state index is 0.00255. The van der Waals surface area contributed by atoms with Gasteiger partial charge in [-0.3, -0.25) is 14.4 Å². The molecule has 1 atom stereocenters. The van der Waals surface area contributed by atoms with Gasteiger partial charge in [-0.2, -0.15) is 0 Å². The summed E-state index contributed by atoms with van der Waals surface area (Å²) in [6.07, 6.45) is 4.96. The van der Waals surface area contributed by atoms with E-state index in [1.165, 1.54) is 19.1 Å². The second-order valence-corrected chi connectivity index (χ2v) is 7.74. The largest absolute Gasteiger partial charge is 0.503 e. The Morgan fingerprint density at radius 2 is 1.84 bits per heavy atom. The summed E-state index contributed by atoms with van der Waals surface area (Å²) in [5, 5.41) is 22.5. The van der Waals surface area contributed by atoms with Gasteiger partial charge in [-0.25, -0.2) is 4.79 Å². The molecule has 1 aromatic heterocycles. The van der Waals surface area contributed by atoms with Gasteiger partial charge in [-0.1, -0.05) is 19.3 Å². The molecule has 11 heteroatoms. The quantitative estimate of drug-likeness (QED) is 0.511. The Morgan fingerprint density at radius 3 is 2.42 bits per heavy atom. The number of carbonyl (C=O) groups excluding carboxylic acids is 2. The molecule has 0 unspecified atom stereocenters. The highest BCUT2D eigenvalue weighted by atomic mass is 16.7. The van der Waals surface area contributed by atoms with Crippen LogP contribution in [-0.2, 0) is 20.8 Å². The highest BCUT2D eigenvalue weighted by molar-refractivity contribution is 6.00. The third-order valence-corrected chi connectivity index (χ3v) is 5.82. The molecule has 3 rings (SSSR count). The summed E-state index contributed by atoms with van der Waals surface area (Å²) in [5.74, 6) is -3.69. The molecule has 3 N–H and O–H groups in total. The summed E-state index contributed by atoms with van der Waals surface area (Å²) >= 11 is 0. The number of rotatable bonds is 7. The summed E-state index contributed by atoms with van der Waals surface area (Å²) < 4.78 is 11.5. The molecule has 170 valence electrons. The number of aromatic hydroxyl groups is 1. The predicted octanol–water partition coefficient (Wildman–Crippen LogP) is 0.144. The molecule has 2 aliphatic rings. The summed E-state index contributed by atoms with van der Waals surface area (Å²) in [7, 11) is 2.77. The fourth-order valence-electron chi connectivity index (χ4n) is 4.12. The molecule has 31 heavy (non-hydrogen) atoms. The molecule has 2 heterocycles. The lowest BCUT2D eigenvalue weighted by molar-refractivity contribution is -0.135. The van der Waals surface area contributed by atoms with Gasteiger partial charge >= 0.3 is 5.97 Å². The fraction of sp³-hybridized carbons (Fsp3) is 0.600. The van der Waals surface area contributed by atoms with E-state index in [9.17, 15) is 29.4 Å². The molecule has 1 fully saturated rings. The molecule has 2 amide bonds. The van der Waals surface area contributed by atoms with Crippen molar-refractivity contribution >= 4 is 17.8 Å². The number of amides is 2. The predicted molar refractivity (Wildman–Crippen MR) is 107 cm³/mol. The van der Waals surface area contributed by atoms with Crippen LogP contribution in [0, 0.1) is 0 Å². The van der Waals surface area contributed by atoms with E-state index in [4.69, 9.17) is 9.47 Å². The van der Waals surface area contributed by atoms with Gasteiger partial charge in [0.05, 0.1) is 13.1 Å². The number of hydrogen-bond acceptors (Lipinski definition) is 7. The first kappa shape index (κ1) is 22.8. The monoisotopic (exact) mass is 437 g/mol. The Balaban J connectivity index is 1.99. The molecular formula is C20H27N3O8. The number of ether oxygens (including phenoxy) is 2. The average Bonchev–Trinajstić information content (AvgIpc) is 2.75. The number of nitrogens with zero attached hydrogens (tertiary/aromatic N) is 2. The van der Waals surface area contributed by atoms with Crippen molar-refractivity contribution in [2.75, 3.05) is 20.8 Å². The molecule has 0 saturated heterocycles. The number of carboxylic acids is 1. The van der Waals surface area contributed by atoms with Gasteiger partial charge in [-0.05, 0) is 12.8 Å². The maximum Gasteiger partial charge on any atom is 0.341 e. The van der Waals surface area contributed by atoms with Crippen LogP contribution < -0.4 is 10.7 Å². The number of carbonyl (C=O) groups is 3. The fourth-order valence-corrected chi connectivity index (χ4v) is 4.12. The normalized spacial score (nSPS) is 19.4. The van der Waals surface area contributed by atoms with Crippen molar-refractivity contribution in [3.63, 3.8) is 0 Å². The molecule has 1 aliphatic heterocycles.